The monoisotopic (exact) mass is 352 g/mol. The highest BCUT2D eigenvalue weighted by molar-refractivity contribution is 5.94. The topological polar surface area (TPSA) is 58.6 Å². The zero-order valence-electron chi connectivity index (χ0n) is 15.0. The molecule has 26 heavy (non-hydrogen) atoms. The van der Waals surface area contributed by atoms with Crippen LogP contribution in [0.3, 0.4) is 0 Å². The number of rotatable bonds is 6. The molecule has 5 heteroatoms. The molecular weight excluding hydrogens is 328 g/mol. The number of ether oxygens (including phenoxy) is 1. The van der Waals surface area contributed by atoms with E-state index in [0.29, 0.717) is 24.4 Å². The summed E-state index contributed by atoms with van der Waals surface area (Å²) in [4.78, 5) is 26.2. The van der Waals surface area contributed by atoms with Crippen LogP contribution in [-0.2, 0) is 22.5 Å². The van der Waals surface area contributed by atoms with Crippen LogP contribution in [-0.4, -0.2) is 36.5 Å². The fraction of sp³-hybridized carbons (Fsp3) is 0.333. The Kier molecular flexibility index (Phi) is 6.02. The molecule has 0 fully saturated rings. The van der Waals surface area contributed by atoms with E-state index in [9.17, 15) is 9.59 Å². The molecule has 5 nitrogen and oxygen atoms in total. The highest BCUT2D eigenvalue weighted by atomic mass is 16.5. The number of hydrogen-bond donors (Lipinski definition) is 1. The number of nitrogens with one attached hydrogen (secondary N) is 1. The first kappa shape index (κ1) is 18.1. The van der Waals surface area contributed by atoms with E-state index in [1.54, 1.807) is 24.3 Å². The number of hydrogen-bond acceptors (Lipinski definition) is 4. The zero-order valence-corrected chi connectivity index (χ0v) is 15.0. The first-order chi connectivity index (χ1) is 12.7. The van der Waals surface area contributed by atoms with Crippen LogP contribution in [0.15, 0.2) is 48.5 Å². The number of anilines is 1. The Bertz CT molecular complexity index is 771. The number of fused-ring (bicyclic) bond motifs is 1. The van der Waals surface area contributed by atoms with Gasteiger partial charge in [0, 0.05) is 18.8 Å². The summed E-state index contributed by atoms with van der Waals surface area (Å²) in [6.45, 7) is 4.40. The lowest BCUT2D eigenvalue weighted by molar-refractivity contribution is -0.117. The molecule has 1 heterocycles. The molecule has 0 saturated carbocycles. The van der Waals surface area contributed by atoms with Crippen LogP contribution in [0.5, 0.6) is 0 Å². The highest BCUT2D eigenvalue weighted by Crippen LogP contribution is 2.18. The van der Waals surface area contributed by atoms with Crippen molar-refractivity contribution in [2.45, 2.75) is 26.3 Å². The largest absolute Gasteiger partial charge is 0.462 e. The number of carbonyl (C=O) groups is 2. The van der Waals surface area contributed by atoms with Gasteiger partial charge in [-0.3, -0.25) is 9.69 Å². The predicted molar refractivity (Wildman–Crippen MR) is 101 cm³/mol. The molecule has 0 aliphatic carbocycles. The normalized spacial score (nSPS) is 13.7. The van der Waals surface area contributed by atoms with E-state index < -0.39 is 0 Å². The minimum atomic E-state index is -0.336. The van der Waals surface area contributed by atoms with Gasteiger partial charge in [0.25, 0.3) is 0 Å². The maximum atomic E-state index is 12.3. The molecule has 0 unspecified atom stereocenters. The average molecular weight is 352 g/mol. The van der Waals surface area contributed by atoms with Gasteiger partial charge in [0.1, 0.15) is 0 Å². The molecular formula is C21H24N2O3. The molecule has 3 rings (SSSR count). The molecule has 1 aliphatic heterocycles. The fourth-order valence-electron chi connectivity index (χ4n) is 3.06. The van der Waals surface area contributed by atoms with Crippen molar-refractivity contribution in [1.82, 2.24) is 4.90 Å². The minimum Gasteiger partial charge on any atom is -0.462 e. The van der Waals surface area contributed by atoms with Gasteiger partial charge in [-0.25, -0.2) is 4.79 Å². The van der Waals surface area contributed by atoms with Crippen molar-refractivity contribution in [2.75, 3.05) is 25.0 Å². The van der Waals surface area contributed by atoms with E-state index in [0.717, 1.165) is 25.9 Å². The fourth-order valence-corrected chi connectivity index (χ4v) is 3.06. The van der Waals surface area contributed by atoms with Crippen molar-refractivity contribution in [3.8, 4) is 0 Å². The smallest absolute Gasteiger partial charge is 0.338 e. The van der Waals surface area contributed by atoms with E-state index in [1.807, 2.05) is 13.0 Å². The van der Waals surface area contributed by atoms with Crippen LogP contribution in [0, 0.1) is 0 Å². The highest BCUT2D eigenvalue weighted by Gasteiger charge is 2.18. The third-order valence-electron chi connectivity index (χ3n) is 4.42. The first-order valence-corrected chi connectivity index (χ1v) is 9.02. The summed E-state index contributed by atoms with van der Waals surface area (Å²) in [7, 11) is 0. The molecule has 2 aromatic carbocycles. The maximum Gasteiger partial charge on any atom is 0.338 e. The average Bonchev–Trinajstić information content (AvgIpc) is 2.66. The Morgan fingerprint density at radius 3 is 2.54 bits per heavy atom. The summed E-state index contributed by atoms with van der Waals surface area (Å²) >= 11 is 0. The lowest BCUT2D eigenvalue weighted by Crippen LogP contribution is -2.37. The van der Waals surface area contributed by atoms with E-state index in [1.165, 1.54) is 11.1 Å². The van der Waals surface area contributed by atoms with E-state index in [-0.39, 0.29) is 11.9 Å². The van der Waals surface area contributed by atoms with Crippen LogP contribution in [0.2, 0.25) is 0 Å². The zero-order chi connectivity index (χ0) is 18.4. The third kappa shape index (κ3) is 4.70. The second-order valence-corrected chi connectivity index (χ2v) is 6.49. The minimum absolute atomic E-state index is 0.0503. The number of esters is 1. The van der Waals surface area contributed by atoms with Gasteiger partial charge in [0.15, 0.2) is 0 Å². The lowest BCUT2D eigenvalue weighted by atomic mass is 10.00. The number of amides is 1. The van der Waals surface area contributed by atoms with Gasteiger partial charge in [-0.1, -0.05) is 31.2 Å². The Hall–Kier alpha value is -2.66. The summed E-state index contributed by atoms with van der Waals surface area (Å²) in [5, 5.41) is 2.89. The van der Waals surface area contributed by atoms with Gasteiger partial charge < -0.3 is 10.1 Å². The Morgan fingerprint density at radius 2 is 1.81 bits per heavy atom. The van der Waals surface area contributed by atoms with E-state index in [4.69, 9.17) is 4.74 Å². The van der Waals surface area contributed by atoms with Crippen LogP contribution >= 0.6 is 0 Å². The SMILES string of the molecule is CCCOC(=O)c1ccc(NC(=O)CN2CCc3ccccc3C2)cc1. The Labute approximate surface area is 154 Å². The summed E-state index contributed by atoms with van der Waals surface area (Å²) in [6, 6.07) is 15.2. The molecule has 0 saturated heterocycles. The Morgan fingerprint density at radius 1 is 1.08 bits per heavy atom. The van der Waals surface area contributed by atoms with E-state index >= 15 is 0 Å². The summed E-state index contributed by atoms with van der Waals surface area (Å²) in [5.41, 5.74) is 3.83. The molecule has 1 aliphatic rings. The van der Waals surface area contributed by atoms with Gasteiger partial charge in [0.05, 0.1) is 18.7 Å². The standard InChI is InChI=1S/C21H24N2O3/c1-2-13-26-21(25)17-7-9-19(10-8-17)22-20(24)15-23-12-11-16-5-3-4-6-18(16)14-23/h3-10H,2,11-15H2,1H3,(H,22,24). The molecule has 136 valence electrons. The van der Waals surface area contributed by atoms with Crippen LogP contribution < -0.4 is 5.32 Å². The molecule has 0 atom stereocenters. The van der Waals surface area contributed by atoms with E-state index in [2.05, 4.69) is 28.4 Å². The quantitative estimate of drug-likeness (QED) is 0.811. The molecule has 2 aromatic rings. The molecule has 0 bridgehead atoms. The second kappa shape index (κ2) is 8.63. The van der Waals surface area contributed by atoms with Crippen molar-refractivity contribution in [3.05, 3.63) is 65.2 Å². The van der Waals surface area contributed by atoms with Gasteiger partial charge in [-0.2, -0.15) is 0 Å². The van der Waals surface area contributed by atoms with Gasteiger partial charge in [-0.05, 0) is 48.2 Å². The number of benzene rings is 2. The lowest BCUT2D eigenvalue weighted by Gasteiger charge is -2.28. The maximum absolute atomic E-state index is 12.3. The van der Waals surface area contributed by atoms with Gasteiger partial charge in [-0.15, -0.1) is 0 Å². The third-order valence-corrected chi connectivity index (χ3v) is 4.42. The van der Waals surface area contributed by atoms with Crippen molar-refractivity contribution in [2.24, 2.45) is 0 Å². The van der Waals surface area contributed by atoms with Crippen molar-refractivity contribution < 1.29 is 14.3 Å². The molecule has 1 amide bonds. The summed E-state index contributed by atoms with van der Waals surface area (Å²) < 4.78 is 5.09. The number of carbonyl (C=O) groups excluding carboxylic acids is 2. The first-order valence-electron chi connectivity index (χ1n) is 9.02. The van der Waals surface area contributed by atoms with Crippen LogP contribution in [0.4, 0.5) is 5.69 Å². The molecule has 0 radical (unpaired) electrons. The van der Waals surface area contributed by atoms with Gasteiger partial charge in [0.2, 0.25) is 5.91 Å². The van der Waals surface area contributed by atoms with Crippen molar-refractivity contribution in [1.29, 1.82) is 0 Å². The summed E-state index contributed by atoms with van der Waals surface area (Å²) in [5.74, 6) is -0.387. The van der Waals surface area contributed by atoms with Crippen molar-refractivity contribution >= 4 is 17.6 Å². The second-order valence-electron chi connectivity index (χ2n) is 6.49. The van der Waals surface area contributed by atoms with Crippen LogP contribution in [0.1, 0.15) is 34.8 Å². The molecule has 1 N–H and O–H groups in total. The molecule has 0 spiro atoms. The predicted octanol–water partition coefficient (Wildman–Crippen LogP) is 3.25. The van der Waals surface area contributed by atoms with Crippen LogP contribution in [0.25, 0.3) is 0 Å². The Balaban J connectivity index is 1.51. The van der Waals surface area contributed by atoms with Gasteiger partial charge >= 0.3 is 5.97 Å². The number of nitrogens with zero attached hydrogens (tertiary/aromatic N) is 1. The molecule has 0 aromatic heterocycles. The van der Waals surface area contributed by atoms with Crippen molar-refractivity contribution in [3.63, 3.8) is 0 Å². The summed E-state index contributed by atoms with van der Waals surface area (Å²) in [6.07, 6.45) is 1.76.